The fraction of sp³-hybridized carbons (Fsp3) is 0.947. The number of rotatable bonds is 6. The molecule has 5 heteroatoms. The summed E-state index contributed by atoms with van der Waals surface area (Å²) < 4.78 is 0. The lowest BCUT2D eigenvalue weighted by atomic mass is 9.87. The van der Waals surface area contributed by atoms with Gasteiger partial charge < -0.3 is 15.5 Å². The normalized spacial score (nSPS) is 26.7. The molecule has 2 fully saturated rings. The highest BCUT2D eigenvalue weighted by Crippen LogP contribution is 2.23. The molecular formula is C19H39IN4. The predicted octanol–water partition coefficient (Wildman–Crippen LogP) is 3.86. The summed E-state index contributed by atoms with van der Waals surface area (Å²) in [4.78, 5) is 7.41. The maximum absolute atomic E-state index is 4.84. The van der Waals surface area contributed by atoms with Crippen molar-refractivity contribution in [3.05, 3.63) is 0 Å². The number of guanidine groups is 1. The molecule has 2 N–H and O–H groups in total. The van der Waals surface area contributed by atoms with E-state index in [9.17, 15) is 0 Å². The van der Waals surface area contributed by atoms with E-state index < -0.39 is 0 Å². The average Bonchev–Trinajstić information content (AvgIpc) is 2.58. The summed E-state index contributed by atoms with van der Waals surface area (Å²) in [6.07, 6.45) is 9.25. The molecule has 0 aromatic heterocycles. The van der Waals surface area contributed by atoms with Crippen LogP contribution in [0.2, 0.25) is 0 Å². The molecule has 0 unspecified atom stereocenters. The van der Waals surface area contributed by atoms with Crippen LogP contribution in [0.3, 0.4) is 0 Å². The van der Waals surface area contributed by atoms with Crippen molar-refractivity contribution in [1.29, 1.82) is 0 Å². The third kappa shape index (κ3) is 7.89. The zero-order valence-corrected chi connectivity index (χ0v) is 18.4. The van der Waals surface area contributed by atoms with Gasteiger partial charge in [-0.1, -0.05) is 13.8 Å². The summed E-state index contributed by atoms with van der Waals surface area (Å²) in [5.41, 5.74) is 0. The second-order valence-electron chi connectivity index (χ2n) is 7.53. The maximum Gasteiger partial charge on any atom is 0.191 e. The Kier molecular flexibility index (Phi) is 11.3. The molecule has 1 heterocycles. The summed E-state index contributed by atoms with van der Waals surface area (Å²) in [5.74, 6) is 2.82. The lowest BCUT2D eigenvalue weighted by Crippen LogP contribution is -2.44. The maximum atomic E-state index is 4.84. The Labute approximate surface area is 166 Å². The van der Waals surface area contributed by atoms with Crippen molar-refractivity contribution in [2.24, 2.45) is 16.8 Å². The van der Waals surface area contributed by atoms with Crippen LogP contribution in [0.25, 0.3) is 0 Å². The molecule has 4 nitrogen and oxygen atoms in total. The number of piperidine rings is 1. The van der Waals surface area contributed by atoms with E-state index in [4.69, 9.17) is 4.99 Å². The molecule has 24 heavy (non-hydrogen) atoms. The van der Waals surface area contributed by atoms with Gasteiger partial charge in [-0.25, -0.2) is 0 Å². The van der Waals surface area contributed by atoms with E-state index in [2.05, 4.69) is 36.3 Å². The van der Waals surface area contributed by atoms with Crippen LogP contribution in [0.15, 0.2) is 4.99 Å². The molecule has 2 aliphatic rings. The molecule has 0 bridgehead atoms. The number of aliphatic imine (C=N–C) groups is 1. The van der Waals surface area contributed by atoms with Gasteiger partial charge in [-0.05, 0) is 83.3 Å². The zero-order valence-electron chi connectivity index (χ0n) is 16.0. The SMILES string of the molecule is CCNC(=NCCC1CCN(CC)CC1)NC1CCC(C)CC1.I. The lowest BCUT2D eigenvalue weighted by Gasteiger charge is -2.31. The van der Waals surface area contributed by atoms with Gasteiger partial charge in [0.05, 0.1) is 0 Å². The van der Waals surface area contributed by atoms with E-state index in [0.717, 1.165) is 30.9 Å². The third-order valence-corrected chi connectivity index (χ3v) is 5.66. The Balaban J connectivity index is 0.00000288. The lowest BCUT2D eigenvalue weighted by molar-refractivity contribution is 0.188. The predicted molar refractivity (Wildman–Crippen MR) is 115 cm³/mol. The van der Waals surface area contributed by atoms with Crippen molar-refractivity contribution in [1.82, 2.24) is 15.5 Å². The van der Waals surface area contributed by atoms with Crippen LogP contribution in [0.4, 0.5) is 0 Å². The Morgan fingerprint density at radius 3 is 2.29 bits per heavy atom. The van der Waals surface area contributed by atoms with Crippen molar-refractivity contribution in [2.75, 3.05) is 32.7 Å². The van der Waals surface area contributed by atoms with Gasteiger partial charge in [0.2, 0.25) is 0 Å². The van der Waals surface area contributed by atoms with E-state index in [1.54, 1.807) is 0 Å². The first-order valence-corrected chi connectivity index (χ1v) is 9.98. The Hall–Kier alpha value is -0.0400. The minimum absolute atomic E-state index is 0. The smallest absolute Gasteiger partial charge is 0.191 e. The summed E-state index contributed by atoms with van der Waals surface area (Å²) in [7, 11) is 0. The second kappa shape index (κ2) is 12.3. The van der Waals surface area contributed by atoms with Crippen molar-refractivity contribution >= 4 is 29.9 Å². The summed E-state index contributed by atoms with van der Waals surface area (Å²) in [5, 5.41) is 7.09. The van der Waals surface area contributed by atoms with E-state index >= 15 is 0 Å². The summed E-state index contributed by atoms with van der Waals surface area (Å²) in [6.45, 7) is 12.5. The Morgan fingerprint density at radius 1 is 1.04 bits per heavy atom. The highest BCUT2D eigenvalue weighted by atomic mass is 127. The van der Waals surface area contributed by atoms with Crippen molar-refractivity contribution in [2.45, 2.75) is 71.8 Å². The van der Waals surface area contributed by atoms with Gasteiger partial charge in [0.25, 0.3) is 0 Å². The van der Waals surface area contributed by atoms with Crippen LogP contribution >= 0.6 is 24.0 Å². The van der Waals surface area contributed by atoms with Gasteiger partial charge >= 0.3 is 0 Å². The molecule has 1 aliphatic heterocycles. The van der Waals surface area contributed by atoms with Crippen molar-refractivity contribution in [3.8, 4) is 0 Å². The summed E-state index contributed by atoms with van der Waals surface area (Å²) in [6, 6.07) is 0.622. The quantitative estimate of drug-likeness (QED) is 0.367. The molecule has 0 atom stereocenters. The molecule has 1 saturated heterocycles. The number of halogens is 1. The molecule has 0 spiro atoms. The largest absolute Gasteiger partial charge is 0.357 e. The van der Waals surface area contributed by atoms with Crippen LogP contribution < -0.4 is 10.6 Å². The van der Waals surface area contributed by atoms with Crippen LogP contribution in [0, 0.1) is 11.8 Å². The molecule has 0 aromatic carbocycles. The topological polar surface area (TPSA) is 39.7 Å². The van der Waals surface area contributed by atoms with Crippen LogP contribution in [-0.2, 0) is 0 Å². The minimum atomic E-state index is 0. The Bertz CT molecular complexity index is 345. The van der Waals surface area contributed by atoms with Gasteiger partial charge in [0, 0.05) is 19.1 Å². The first-order valence-electron chi connectivity index (χ1n) is 9.98. The minimum Gasteiger partial charge on any atom is -0.357 e. The fourth-order valence-electron chi connectivity index (χ4n) is 3.87. The van der Waals surface area contributed by atoms with E-state index in [-0.39, 0.29) is 24.0 Å². The van der Waals surface area contributed by atoms with E-state index in [1.807, 2.05) is 0 Å². The van der Waals surface area contributed by atoms with Gasteiger partial charge in [-0.3, -0.25) is 4.99 Å². The molecule has 0 radical (unpaired) electrons. The molecule has 0 amide bonds. The first-order chi connectivity index (χ1) is 11.2. The fourth-order valence-corrected chi connectivity index (χ4v) is 3.87. The third-order valence-electron chi connectivity index (χ3n) is 5.66. The number of hydrogen-bond acceptors (Lipinski definition) is 2. The molecule has 1 aliphatic carbocycles. The van der Waals surface area contributed by atoms with E-state index in [0.29, 0.717) is 6.04 Å². The van der Waals surface area contributed by atoms with Crippen LogP contribution in [-0.4, -0.2) is 49.6 Å². The molecule has 2 rings (SSSR count). The number of hydrogen-bond donors (Lipinski definition) is 2. The number of nitrogens with zero attached hydrogens (tertiary/aromatic N) is 2. The van der Waals surface area contributed by atoms with Gasteiger partial charge in [0.1, 0.15) is 0 Å². The van der Waals surface area contributed by atoms with Gasteiger partial charge in [-0.2, -0.15) is 0 Å². The van der Waals surface area contributed by atoms with Crippen LogP contribution in [0.5, 0.6) is 0 Å². The van der Waals surface area contributed by atoms with Gasteiger partial charge in [-0.15, -0.1) is 24.0 Å². The molecule has 1 saturated carbocycles. The Morgan fingerprint density at radius 2 is 1.71 bits per heavy atom. The molecule has 142 valence electrons. The highest BCUT2D eigenvalue weighted by Gasteiger charge is 2.19. The number of likely N-dealkylation sites (tertiary alicyclic amines) is 1. The monoisotopic (exact) mass is 450 g/mol. The zero-order chi connectivity index (χ0) is 16.5. The molecular weight excluding hydrogens is 411 g/mol. The molecule has 0 aromatic rings. The van der Waals surface area contributed by atoms with Crippen LogP contribution in [0.1, 0.15) is 65.7 Å². The second-order valence-corrected chi connectivity index (χ2v) is 7.53. The van der Waals surface area contributed by atoms with Crippen molar-refractivity contribution in [3.63, 3.8) is 0 Å². The van der Waals surface area contributed by atoms with Crippen molar-refractivity contribution < 1.29 is 0 Å². The number of nitrogens with one attached hydrogen (secondary N) is 2. The average molecular weight is 450 g/mol. The van der Waals surface area contributed by atoms with E-state index in [1.165, 1.54) is 64.6 Å². The highest BCUT2D eigenvalue weighted by molar-refractivity contribution is 14.0. The standard InChI is InChI=1S/C19H38N4.HI/c1-4-20-19(22-18-8-6-16(3)7-9-18)21-13-10-17-11-14-23(5-2)15-12-17;/h16-18H,4-15H2,1-3H3,(H2,20,21,22);1H. The van der Waals surface area contributed by atoms with Gasteiger partial charge in [0.15, 0.2) is 5.96 Å². The first kappa shape index (κ1) is 22.0. The summed E-state index contributed by atoms with van der Waals surface area (Å²) >= 11 is 0.